The van der Waals surface area contributed by atoms with Crippen molar-refractivity contribution < 1.29 is 9.47 Å². The summed E-state index contributed by atoms with van der Waals surface area (Å²) in [4.78, 5) is 7.48. The predicted octanol–water partition coefficient (Wildman–Crippen LogP) is 3.15. The van der Waals surface area contributed by atoms with Crippen LogP contribution >= 0.6 is 11.3 Å². The number of thiazole rings is 1. The van der Waals surface area contributed by atoms with Crippen molar-refractivity contribution in [3.05, 3.63) is 28.6 Å². The van der Waals surface area contributed by atoms with Crippen LogP contribution in [-0.4, -0.2) is 33.3 Å². The van der Waals surface area contributed by atoms with Crippen molar-refractivity contribution in [3.8, 4) is 11.6 Å². The minimum absolute atomic E-state index is 0.647. The molecular weight excluding hydrogens is 286 g/mol. The Bertz CT molecular complexity index is 611. The highest BCUT2D eigenvalue weighted by molar-refractivity contribution is 7.15. The highest BCUT2D eigenvalue weighted by Crippen LogP contribution is 2.32. The minimum atomic E-state index is 0.647. The number of aryl methyl sites for hydroxylation is 1. The molecule has 5 nitrogen and oxygen atoms in total. The zero-order valence-corrected chi connectivity index (χ0v) is 13.9. The fraction of sp³-hybridized carbons (Fsp3) is 0.400. The van der Waals surface area contributed by atoms with Crippen molar-refractivity contribution in [3.63, 3.8) is 0 Å². The molecule has 1 N–H and O–H groups in total. The second-order valence-corrected chi connectivity index (χ2v) is 5.94. The van der Waals surface area contributed by atoms with Crippen LogP contribution in [0, 0.1) is 6.92 Å². The van der Waals surface area contributed by atoms with Gasteiger partial charge in [0, 0.05) is 14.1 Å². The SMILES string of the molecule is COc1cc(C)ccc1NCc1sc(N(C)C)nc1OC. The van der Waals surface area contributed by atoms with E-state index in [9.17, 15) is 0 Å². The lowest BCUT2D eigenvalue weighted by atomic mass is 10.2. The predicted molar refractivity (Wildman–Crippen MR) is 88.1 cm³/mol. The number of benzene rings is 1. The van der Waals surface area contributed by atoms with Gasteiger partial charge in [0.25, 0.3) is 0 Å². The Labute approximate surface area is 129 Å². The minimum Gasteiger partial charge on any atom is -0.495 e. The maximum Gasteiger partial charge on any atom is 0.231 e. The molecule has 0 saturated heterocycles. The molecule has 21 heavy (non-hydrogen) atoms. The van der Waals surface area contributed by atoms with Crippen molar-refractivity contribution in [2.24, 2.45) is 0 Å². The van der Waals surface area contributed by atoms with E-state index in [2.05, 4.69) is 16.4 Å². The highest BCUT2D eigenvalue weighted by Gasteiger charge is 2.13. The van der Waals surface area contributed by atoms with Crippen LogP contribution in [0.15, 0.2) is 18.2 Å². The van der Waals surface area contributed by atoms with Gasteiger partial charge in [0.15, 0.2) is 5.13 Å². The van der Waals surface area contributed by atoms with Crippen LogP contribution in [0.25, 0.3) is 0 Å². The zero-order chi connectivity index (χ0) is 15.4. The van der Waals surface area contributed by atoms with Gasteiger partial charge in [-0.3, -0.25) is 0 Å². The molecule has 0 fully saturated rings. The van der Waals surface area contributed by atoms with Crippen molar-refractivity contribution in [2.45, 2.75) is 13.5 Å². The summed E-state index contributed by atoms with van der Waals surface area (Å²) in [5.74, 6) is 1.51. The Morgan fingerprint density at radius 2 is 2.00 bits per heavy atom. The van der Waals surface area contributed by atoms with Crippen molar-refractivity contribution in [1.82, 2.24) is 4.98 Å². The molecular formula is C15H21N3O2S. The van der Waals surface area contributed by atoms with Gasteiger partial charge in [0.05, 0.1) is 31.3 Å². The zero-order valence-electron chi connectivity index (χ0n) is 13.1. The van der Waals surface area contributed by atoms with Crippen LogP contribution in [0.5, 0.6) is 11.6 Å². The summed E-state index contributed by atoms with van der Waals surface area (Å²) in [5, 5.41) is 4.31. The molecule has 0 atom stereocenters. The van der Waals surface area contributed by atoms with Gasteiger partial charge in [-0.05, 0) is 24.6 Å². The summed E-state index contributed by atoms with van der Waals surface area (Å²) in [5.41, 5.74) is 2.13. The third-order valence-electron chi connectivity index (χ3n) is 3.02. The molecule has 0 aliphatic carbocycles. The lowest BCUT2D eigenvalue weighted by molar-refractivity contribution is 0.397. The van der Waals surface area contributed by atoms with E-state index >= 15 is 0 Å². The van der Waals surface area contributed by atoms with Gasteiger partial charge >= 0.3 is 0 Å². The molecule has 1 aromatic heterocycles. The molecule has 0 spiro atoms. The fourth-order valence-corrected chi connectivity index (χ4v) is 2.80. The first-order valence-corrected chi connectivity index (χ1v) is 7.46. The summed E-state index contributed by atoms with van der Waals surface area (Å²) >= 11 is 1.61. The first-order chi connectivity index (χ1) is 10.0. The van der Waals surface area contributed by atoms with E-state index in [0.29, 0.717) is 12.4 Å². The summed E-state index contributed by atoms with van der Waals surface area (Å²) in [7, 11) is 7.26. The van der Waals surface area contributed by atoms with Gasteiger partial charge in [-0.15, -0.1) is 0 Å². The van der Waals surface area contributed by atoms with E-state index in [-0.39, 0.29) is 0 Å². The average molecular weight is 307 g/mol. The van der Waals surface area contributed by atoms with Crippen LogP contribution in [0.4, 0.5) is 10.8 Å². The number of hydrogen-bond donors (Lipinski definition) is 1. The number of rotatable bonds is 6. The van der Waals surface area contributed by atoms with Gasteiger partial charge in [-0.2, -0.15) is 4.98 Å². The highest BCUT2D eigenvalue weighted by atomic mass is 32.1. The van der Waals surface area contributed by atoms with Crippen LogP contribution in [0.3, 0.4) is 0 Å². The number of aromatic nitrogens is 1. The van der Waals surface area contributed by atoms with Gasteiger partial charge in [-0.1, -0.05) is 17.4 Å². The normalized spacial score (nSPS) is 10.3. The maximum absolute atomic E-state index is 5.40. The van der Waals surface area contributed by atoms with Crippen molar-refractivity contribution >= 4 is 22.2 Å². The first kappa shape index (κ1) is 15.4. The number of nitrogens with one attached hydrogen (secondary N) is 1. The molecule has 114 valence electrons. The Morgan fingerprint density at radius 3 is 2.62 bits per heavy atom. The molecule has 0 aliphatic rings. The molecule has 2 rings (SSSR count). The van der Waals surface area contributed by atoms with E-state index < -0.39 is 0 Å². The molecule has 0 amide bonds. The van der Waals surface area contributed by atoms with E-state index in [1.54, 1.807) is 25.6 Å². The smallest absolute Gasteiger partial charge is 0.231 e. The summed E-state index contributed by atoms with van der Waals surface area (Å²) in [6.07, 6.45) is 0. The topological polar surface area (TPSA) is 46.6 Å². The Balaban J connectivity index is 2.16. The summed E-state index contributed by atoms with van der Waals surface area (Å²) in [6.45, 7) is 2.69. The molecule has 1 heterocycles. The Hall–Kier alpha value is -1.95. The van der Waals surface area contributed by atoms with Crippen molar-refractivity contribution in [2.75, 3.05) is 38.5 Å². The second kappa shape index (κ2) is 6.67. The number of nitrogens with zero attached hydrogens (tertiary/aromatic N) is 2. The van der Waals surface area contributed by atoms with Crippen LogP contribution in [-0.2, 0) is 6.54 Å². The third-order valence-corrected chi connectivity index (χ3v) is 4.23. The van der Waals surface area contributed by atoms with Gasteiger partial charge < -0.3 is 19.7 Å². The molecule has 2 aromatic rings. The standard InChI is InChI=1S/C15H21N3O2S/c1-10-6-7-11(12(8-10)19-4)16-9-13-14(20-5)17-15(21-13)18(2)3/h6-8,16H,9H2,1-5H3. The number of ether oxygens (including phenoxy) is 2. The molecule has 1 aromatic carbocycles. The van der Waals surface area contributed by atoms with Crippen LogP contribution in [0.2, 0.25) is 0 Å². The molecule has 6 heteroatoms. The summed E-state index contributed by atoms with van der Waals surface area (Å²) < 4.78 is 10.7. The quantitative estimate of drug-likeness (QED) is 0.888. The fourth-order valence-electron chi connectivity index (χ4n) is 1.91. The van der Waals surface area contributed by atoms with Gasteiger partial charge in [0.2, 0.25) is 5.88 Å². The maximum atomic E-state index is 5.40. The van der Waals surface area contributed by atoms with Crippen LogP contribution < -0.4 is 19.7 Å². The Kier molecular flexibility index (Phi) is 4.90. The van der Waals surface area contributed by atoms with E-state index in [0.717, 1.165) is 21.4 Å². The molecule has 0 radical (unpaired) electrons. The Morgan fingerprint density at radius 1 is 1.24 bits per heavy atom. The first-order valence-electron chi connectivity index (χ1n) is 6.64. The molecule has 0 unspecified atom stereocenters. The monoisotopic (exact) mass is 307 g/mol. The number of hydrogen-bond acceptors (Lipinski definition) is 6. The molecule has 0 saturated carbocycles. The molecule has 0 aliphatic heterocycles. The number of anilines is 2. The average Bonchev–Trinajstić information content (AvgIpc) is 2.89. The second-order valence-electron chi connectivity index (χ2n) is 4.88. The van der Waals surface area contributed by atoms with Crippen molar-refractivity contribution in [1.29, 1.82) is 0 Å². The van der Waals surface area contributed by atoms with E-state index in [1.165, 1.54) is 5.56 Å². The summed E-state index contributed by atoms with van der Waals surface area (Å²) in [6, 6.07) is 6.09. The third kappa shape index (κ3) is 3.58. The van der Waals surface area contributed by atoms with E-state index in [1.807, 2.05) is 38.1 Å². The lowest BCUT2D eigenvalue weighted by Gasteiger charge is -2.11. The molecule has 0 bridgehead atoms. The van der Waals surface area contributed by atoms with Gasteiger partial charge in [0.1, 0.15) is 5.75 Å². The number of methoxy groups -OCH3 is 2. The van der Waals surface area contributed by atoms with Gasteiger partial charge in [-0.25, -0.2) is 0 Å². The largest absolute Gasteiger partial charge is 0.495 e. The van der Waals surface area contributed by atoms with Crippen LogP contribution in [0.1, 0.15) is 10.4 Å². The van der Waals surface area contributed by atoms with E-state index in [4.69, 9.17) is 9.47 Å². The lowest BCUT2D eigenvalue weighted by Crippen LogP contribution is -2.07.